The number of rotatable bonds is 7. The van der Waals surface area contributed by atoms with E-state index in [-0.39, 0.29) is 0 Å². The lowest BCUT2D eigenvalue weighted by Gasteiger charge is -2.31. The third-order valence-corrected chi connectivity index (χ3v) is 4.07. The fourth-order valence-electron chi connectivity index (χ4n) is 2.64. The Morgan fingerprint density at radius 1 is 1.12 bits per heavy atom. The summed E-state index contributed by atoms with van der Waals surface area (Å²) in [5.74, 6) is 0. The quantitative estimate of drug-likeness (QED) is 0.661. The number of hydrogen-bond donors (Lipinski definition) is 0. The summed E-state index contributed by atoms with van der Waals surface area (Å²) in [4.78, 5) is 2.55. The van der Waals surface area contributed by atoms with Gasteiger partial charge in [0.05, 0.1) is 13.2 Å². The van der Waals surface area contributed by atoms with Crippen LogP contribution in [0.3, 0.4) is 0 Å². The number of morpholine rings is 1. The molecule has 16 heavy (non-hydrogen) atoms. The molecular formula is C14H29NO. The van der Waals surface area contributed by atoms with E-state index in [1.807, 2.05) is 0 Å². The molecule has 0 aliphatic carbocycles. The smallest absolute Gasteiger partial charge is 0.0594 e. The van der Waals surface area contributed by atoms with Crippen LogP contribution in [0.2, 0.25) is 0 Å². The summed E-state index contributed by atoms with van der Waals surface area (Å²) in [6, 6.07) is 0. The van der Waals surface area contributed by atoms with Crippen molar-refractivity contribution in [2.24, 2.45) is 5.41 Å². The van der Waals surface area contributed by atoms with Crippen molar-refractivity contribution in [3.63, 3.8) is 0 Å². The van der Waals surface area contributed by atoms with Gasteiger partial charge in [0.15, 0.2) is 0 Å². The maximum atomic E-state index is 5.37. The molecule has 1 rings (SSSR count). The number of hydrogen-bond acceptors (Lipinski definition) is 2. The van der Waals surface area contributed by atoms with Crippen molar-refractivity contribution in [1.82, 2.24) is 4.90 Å². The first kappa shape index (κ1) is 14.0. The van der Waals surface area contributed by atoms with Gasteiger partial charge in [-0.05, 0) is 31.2 Å². The van der Waals surface area contributed by atoms with Gasteiger partial charge in [0.2, 0.25) is 0 Å². The van der Waals surface area contributed by atoms with Crippen LogP contribution >= 0.6 is 0 Å². The van der Waals surface area contributed by atoms with Crippen LogP contribution in [0.15, 0.2) is 0 Å². The van der Waals surface area contributed by atoms with Gasteiger partial charge in [0.25, 0.3) is 0 Å². The summed E-state index contributed by atoms with van der Waals surface area (Å²) in [5, 5.41) is 0. The van der Waals surface area contributed by atoms with Gasteiger partial charge < -0.3 is 4.74 Å². The van der Waals surface area contributed by atoms with Gasteiger partial charge in [0.1, 0.15) is 0 Å². The molecule has 1 fully saturated rings. The Bertz CT molecular complexity index is 178. The predicted molar refractivity (Wildman–Crippen MR) is 69.8 cm³/mol. The molecule has 0 spiro atoms. The van der Waals surface area contributed by atoms with E-state index in [0.717, 1.165) is 26.3 Å². The highest BCUT2D eigenvalue weighted by Crippen LogP contribution is 2.32. The molecule has 0 aromatic rings. The summed E-state index contributed by atoms with van der Waals surface area (Å²) in [6.07, 6.45) is 6.76. The number of ether oxygens (including phenoxy) is 1. The van der Waals surface area contributed by atoms with E-state index >= 15 is 0 Å². The Morgan fingerprint density at radius 3 is 2.38 bits per heavy atom. The first-order valence-electron chi connectivity index (χ1n) is 7.00. The highest BCUT2D eigenvalue weighted by Gasteiger charge is 2.20. The third kappa shape index (κ3) is 4.84. The second-order valence-corrected chi connectivity index (χ2v) is 5.47. The van der Waals surface area contributed by atoms with Crippen molar-refractivity contribution >= 4 is 0 Å². The van der Waals surface area contributed by atoms with E-state index in [1.54, 1.807) is 0 Å². The van der Waals surface area contributed by atoms with Crippen molar-refractivity contribution in [3.8, 4) is 0 Å². The highest BCUT2D eigenvalue weighted by molar-refractivity contribution is 4.73. The molecule has 0 saturated carbocycles. The van der Waals surface area contributed by atoms with Gasteiger partial charge in [-0.25, -0.2) is 0 Å². The molecule has 0 bridgehead atoms. The topological polar surface area (TPSA) is 12.5 Å². The zero-order valence-corrected chi connectivity index (χ0v) is 11.4. The Hall–Kier alpha value is -0.0800. The van der Waals surface area contributed by atoms with Crippen LogP contribution < -0.4 is 0 Å². The minimum absolute atomic E-state index is 0.584. The summed E-state index contributed by atoms with van der Waals surface area (Å²) < 4.78 is 5.37. The zero-order valence-electron chi connectivity index (χ0n) is 11.4. The molecule has 1 atom stereocenters. The standard InChI is InChI=1S/C14H29NO/c1-4-7-14(3,5-2)8-6-9-15-10-12-16-13-11-15/h4-13H2,1-3H3. The maximum absolute atomic E-state index is 5.37. The molecular weight excluding hydrogens is 198 g/mol. The lowest BCUT2D eigenvalue weighted by molar-refractivity contribution is 0.0355. The van der Waals surface area contributed by atoms with Gasteiger partial charge in [-0.1, -0.05) is 33.6 Å². The highest BCUT2D eigenvalue weighted by atomic mass is 16.5. The van der Waals surface area contributed by atoms with E-state index in [4.69, 9.17) is 4.74 Å². The van der Waals surface area contributed by atoms with Crippen LogP contribution in [0.5, 0.6) is 0 Å². The summed E-state index contributed by atoms with van der Waals surface area (Å²) in [5.41, 5.74) is 0.584. The molecule has 0 amide bonds. The Morgan fingerprint density at radius 2 is 1.81 bits per heavy atom. The Balaban J connectivity index is 2.16. The predicted octanol–water partition coefficient (Wildman–Crippen LogP) is 3.32. The van der Waals surface area contributed by atoms with Crippen molar-refractivity contribution in [2.45, 2.75) is 52.9 Å². The first-order chi connectivity index (χ1) is 7.70. The van der Waals surface area contributed by atoms with Gasteiger partial charge in [-0.15, -0.1) is 0 Å². The second kappa shape index (κ2) is 7.29. The van der Waals surface area contributed by atoms with E-state index in [9.17, 15) is 0 Å². The molecule has 2 nitrogen and oxygen atoms in total. The zero-order chi connectivity index (χ0) is 11.9. The molecule has 1 aliphatic rings. The average molecular weight is 227 g/mol. The number of nitrogens with zero attached hydrogens (tertiary/aromatic N) is 1. The van der Waals surface area contributed by atoms with Crippen molar-refractivity contribution in [1.29, 1.82) is 0 Å². The van der Waals surface area contributed by atoms with E-state index in [0.29, 0.717) is 5.41 Å². The lowest BCUT2D eigenvalue weighted by Crippen LogP contribution is -2.37. The minimum Gasteiger partial charge on any atom is -0.379 e. The fraction of sp³-hybridized carbons (Fsp3) is 1.00. The molecule has 1 heterocycles. The van der Waals surface area contributed by atoms with Gasteiger partial charge in [-0.3, -0.25) is 4.90 Å². The summed E-state index contributed by atoms with van der Waals surface area (Å²) in [7, 11) is 0. The van der Waals surface area contributed by atoms with Crippen LogP contribution in [0, 0.1) is 5.41 Å². The fourth-order valence-corrected chi connectivity index (χ4v) is 2.64. The minimum atomic E-state index is 0.584. The average Bonchev–Trinajstić information content (AvgIpc) is 2.31. The second-order valence-electron chi connectivity index (χ2n) is 5.47. The van der Waals surface area contributed by atoms with Gasteiger partial charge in [-0.2, -0.15) is 0 Å². The van der Waals surface area contributed by atoms with Crippen LogP contribution in [-0.4, -0.2) is 37.7 Å². The molecule has 96 valence electrons. The molecule has 0 aromatic carbocycles. The molecule has 0 radical (unpaired) electrons. The molecule has 1 aliphatic heterocycles. The van der Waals surface area contributed by atoms with E-state index in [1.165, 1.54) is 38.6 Å². The van der Waals surface area contributed by atoms with Crippen LogP contribution in [-0.2, 0) is 4.74 Å². The molecule has 1 unspecified atom stereocenters. The normalized spacial score (nSPS) is 21.9. The van der Waals surface area contributed by atoms with Crippen LogP contribution in [0.4, 0.5) is 0 Å². The third-order valence-electron chi connectivity index (χ3n) is 4.07. The van der Waals surface area contributed by atoms with Crippen molar-refractivity contribution in [3.05, 3.63) is 0 Å². The SMILES string of the molecule is CCCC(C)(CC)CCCN1CCOCC1. The molecule has 1 saturated heterocycles. The molecule has 0 aromatic heterocycles. The maximum Gasteiger partial charge on any atom is 0.0594 e. The largest absolute Gasteiger partial charge is 0.379 e. The van der Waals surface area contributed by atoms with E-state index in [2.05, 4.69) is 25.7 Å². The van der Waals surface area contributed by atoms with Crippen LogP contribution in [0.25, 0.3) is 0 Å². The Labute approximate surface area is 101 Å². The summed E-state index contributed by atoms with van der Waals surface area (Å²) >= 11 is 0. The Kier molecular flexibility index (Phi) is 6.37. The lowest BCUT2D eigenvalue weighted by atomic mass is 9.79. The van der Waals surface area contributed by atoms with Gasteiger partial charge in [0, 0.05) is 13.1 Å². The van der Waals surface area contributed by atoms with Gasteiger partial charge >= 0.3 is 0 Å². The first-order valence-corrected chi connectivity index (χ1v) is 7.00. The van der Waals surface area contributed by atoms with Crippen LogP contribution in [0.1, 0.15) is 52.9 Å². The van der Waals surface area contributed by atoms with Crippen molar-refractivity contribution in [2.75, 3.05) is 32.8 Å². The van der Waals surface area contributed by atoms with E-state index < -0.39 is 0 Å². The molecule has 0 N–H and O–H groups in total. The molecule has 2 heteroatoms. The summed E-state index contributed by atoms with van der Waals surface area (Å²) in [6.45, 7) is 12.5. The van der Waals surface area contributed by atoms with Crippen molar-refractivity contribution < 1.29 is 4.74 Å². The monoisotopic (exact) mass is 227 g/mol.